The first kappa shape index (κ1) is 21.9. The van der Waals surface area contributed by atoms with E-state index in [1.807, 2.05) is 24.3 Å². The van der Waals surface area contributed by atoms with E-state index in [1.54, 1.807) is 4.90 Å². The Balaban J connectivity index is 1.97. The van der Waals surface area contributed by atoms with Gasteiger partial charge in [0.15, 0.2) is 11.6 Å². The van der Waals surface area contributed by atoms with Crippen molar-refractivity contribution < 1.29 is 13.6 Å². The quantitative estimate of drug-likeness (QED) is 0.444. The van der Waals surface area contributed by atoms with Crippen molar-refractivity contribution in [2.75, 3.05) is 6.54 Å². The van der Waals surface area contributed by atoms with Crippen LogP contribution in [0.5, 0.6) is 0 Å². The Morgan fingerprint density at radius 3 is 2.63 bits per heavy atom. The third-order valence-electron chi connectivity index (χ3n) is 5.25. The number of fused-ring (bicyclic) bond motifs is 1. The second-order valence-corrected chi connectivity index (χ2v) is 8.03. The molecule has 160 valence electrons. The van der Waals surface area contributed by atoms with Crippen LogP contribution in [0.3, 0.4) is 0 Å². The molecule has 1 aromatic heterocycles. The SMILES string of the molecule is CCCCn1c(CN(CCC(C)C)C(=O)c2cccc(F)c2F)nc2ccccc21. The van der Waals surface area contributed by atoms with Gasteiger partial charge in [0, 0.05) is 13.1 Å². The summed E-state index contributed by atoms with van der Waals surface area (Å²) in [5, 5.41) is 0. The lowest BCUT2D eigenvalue weighted by atomic mass is 10.1. The molecule has 6 heteroatoms. The van der Waals surface area contributed by atoms with Crippen LogP contribution in [-0.4, -0.2) is 26.9 Å². The van der Waals surface area contributed by atoms with E-state index in [0.29, 0.717) is 12.5 Å². The Morgan fingerprint density at radius 1 is 1.13 bits per heavy atom. The maximum atomic E-state index is 14.3. The number of amides is 1. The molecule has 0 aliphatic rings. The third kappa shape index (κ3) is 4.86. The number of imidazole rings is 1. The van der Waals surface area contributed by atoms with Gasteiger partial charge in [-0.05, 0) is 43.0 Å². The molecule has 30 heavy (non-hydrogen) atoms. The average Bonchev–Trinajstić information content (AvgIpc) is 3.08. The zero-order chi connectivity index (χ0) is 21.7. The second-order valence-electron chi connectivity index (χ2n) is 8.03. The minimum atomic E-state index is -1.10. The Kier molecular flexibility index (Phi) is 7.19. The van der Waals surface area contributed by atoms with Gasteiger partial charge in [-0.3, -0.25) is 4.79 Å². The van der Waals surface area contributed by atoms with E-state index < -0.39 is 17.5 Å². The first-order valence-electron chi connectivity index (χ1n) is 10.6. The van der Waals surface area contributed by atoms with Crippen LogP contribution in [0.25, 0.3) is 11.0 Å². The molecule has 0 bridgehead atoms. The van der Waals surface area contributed by atoms with Crippen LogP contribution in [0.2, 0.25) is 0 Å². The van der Waals surface area contributed by atoms with Crippen LogP contribution < -0.4 is 0 Å². The summed E-state index contributed by atoms with van der Waals surface area (Å²) in [4.78, 5) is 19.5. The van der Waals surface area contributed by atoms with Crippen molar-refractivity contribution in [3.05, 3.63) is 65.5 Å². The highest BCUT2D eigenvalue weighted by atomic mass is 19.2. The Bertz CT molecular complexity index is 1010. The fourth-order valence-corrected chi connectivity index (χ4v) is 3.49. The third-order valence-corrected chi connectivity index (χ3v) is 5.25. The molecule has 0 aliphatic heterocycles. The van der Waals surface area contributed by atoms with E-state index in [2.05, 4.69) is 25.3 Å². The fraction of sp³-hybridized carbons (Fsp3) is 0.417. The number of unbranched alkanes of at least 4 members (excludes halogenated alkanes) is 1. The minimum absolute atomic E-state index is 0.241. The maximum Gasteiger partial charge on any atom is 0.257 e. The van der Waals surface area contributed by atoms with Gasteiger partial charge < -0.3 is 9.47 Å². The van der Waals surface area contributed by atoms with Gasteiger partial charge >= 0.3 is 0 Å². The summed E-state index contributed by atoms with van der Waals surface area (Å²) in [7, 11) is 0. The number of para-hydroxylation sites is 2. The van der Waals surface area contributed by atoms with Crippen LogP contribution in [-0.2, 0) is 13.1 Å². The zero-order valence-electron chi connectivity index (χ0n) is 17.9. The molecule has 0 radical (unpaired) electrons. The summed E-state index contributed by atoms with van der Waals surface area (Å²) < 4.78 is 30.2. The molecule has 4 nitrogen and oxygen atoms in total. The molecular weight excluding hydrogens is 384 g/mol. The van der Waals surface area contributed by atoms with Crippen molar-refractivity contribution in [3.63, 3.8) is 0 Å². The van der Waals surface area contributed by atoms with Crippen molar-refractivity contribution in [2.24, 2.45) is 5.92 Å². The second kappa shape index (κ2) is 9.83. The molecule has 1 amide bonds. The van der Waals surface area contributed by atoms with Crippen LogP contribution in [0.1, 0.15) is 56.2 Å². The summed E-state index contributed by atoms with van der Waals surface area (Å²) in [6.45, 7) is 7.77. The number of nitrogens with zero attached hydrogens (tertiary/aromatic N) is 3. The molecule has 0 N–H and O–H groups in total. The van der Waals surface area contributed by atoms with Gasteiger partial charge in [0.1, 0.15) is 5.82 Å². The molecule has 0 aliphatic carbocycles. The van der Waals surface area contributed by atoms with E-state index in [4.69, 9.17) is 4.98 Å². The van der Waals surface area contributed by atoms with Crippen LogP contribution >= 0.6 is 0 Å². The number of aromatic nitrogens is 2. The monoisotopic (exact) mass is 413 g/mol. The number of aryl methyl sites for hydroxylation is 1. The maximum absolute atomic E-state index is 14.3. The lowest BCUT2D eigenvalue weighted by Crippen LogP contribution is -2.34. The number of rotatable bonds is 9. The lowest BCUT2D eigenvalue weighted by molar-refractivity contribution is 0.0723. The van der Waals surface area contributed by atoms with Crippen molar-refractivity contribution in [1.29, 1.82) is 0 Å². The Morgan fingerprint density at radius 2 is 1.90 bits per heavy atom. The molecule has 0 saturated carbocycles. The van der Waals surface area contributed by atoms with Gasteiger partial charge in [0.05, 0.1) is 23.1 Å². The number of hydrogen-bond donors (Lipinski definition) is 0. The van der Waals surface area contributed by atoms with E-state index in [9.17, 15) is 13.6 Å². The van der Waals surface area contributed by atoms with Crippen molar-refractivity contribution in [2.45, 2.75) is 53.1 Å². The molecule has 0 saturated heterocycles. The van der Waals surface area contributed by atoms with Gasteiger partial charge in [-0.25, -0.2) is 13.8 Å². The highest BCUT2D eigenvalue weighted by Crippen LogP contribution is 2.21. The predicted molar refractivity (Wildman–Crippen MR) is 115 cm³/mol. The van der Waals surface area contributed by atoms with Crippen LogP contribution in [0.4, 0.5) is 8.78 Å². The van der Waals surface area contributed by atoms with Gasteiger partial charge in [-0.1, -0.05) is 45.4 Å². The standard InChI is InChI=1S/C24H29F2N3O/c1-4-5-14-29-21-12-7-6-11-20(21)27-22(29)16-28(15-13-17(2)3)24(30)18-9-8-10-19(25)23(18)26/h6-12,17H,4-5,13-16H2,1-3H3. The number of hydrogen-bond acceptors (Lipinski definition) is 2. The van der Waals surface area contributed by atoms with Crippen molar-refractivity contribution in [3.8, 4) is 0 Å². The lowest BCUT2D eigenvalue weighted by Gasteiger charge is -2.24. The molecule has 3 aromatic rings. The molecular formula is C24H29F2N3O. The molecule has 3 rings (SSSR count). The summed E-state index contributed by atoms with van der Waals surface area (Å²) >= 11 is 0. The zero-order valence-corrected chi connectivity index (χ0v) is 17.9. The van der Waals surface area contributed by atoms with E-state index in [0.717, 1.165) is 48.7 Å². The summed E-state index contributed by atoms with van der Waals surface area (Å²) in [5.74, 6) is -1.49. The van der Waals surface area contributed by atoms with Crippen molar-refractivity contribution >= 4 is 16.9 Å². The van der Waals surface area contributed by atoms with Gasteiger partial charge in [0.25, 0.3) is 5.91 Å². The van der Waals surface area contributed by atoms with E-state index >= 15 is 0 Å². The number of benzene rings is 2. The van der Waals surface area contributed by atoms with Gasteiger partial charge in [-0.15, -0.1) is 0 Å². The van der Waals surface area contributed by atoms with Crippen LogP contribution in [0.15, 0.2) is 42.5 Å². The summed E-state index contributed by atoms with van der Waals surface area (Å²) in [5.41, 5.74) is 1.65. The normalized spacial score (nSPS) is 11.4. The highest BCUT2D eigenvalue weighted by Gasteiger charge is 2.23. The van der Waals surface area contributed by atoms with E-state index in [1.165, 1.54) is 12.1 Å². The minimum Gasteiger partial charge on any atom is -0.331 e. The fourth-order valence-electron chi connectivity index (χ4n) is 3.49. The Labute approximate surface area is 176 Å². The molecule has 2 aromatic carbocycles. The smallest absolute Gasteiger partial charge is 0.257 e. The summed E-state index contributed by atoms with van der Waals surface area (Å²) in [6, 6.07) is 11.6. The van der Waals surface area contributed by atoms with Gasteiger partial charge in [0.2, 0.25) is 0 Å². The number of carbonyl (C=O) groups is 1. The molecule has 0 spiro atoms. The molecule has 0 atom stereocenters. The number of halogens is 2. The largest absolute Gasteiger partial charge is 0.331 e. The molecule has 1 heterocycles. The Hall–Kier alpha value is -2.76. The highest BCUT2D eigenvalue weighted by molar-refractivity contribution is 5.94. The first-order chi connectivity index (χ1) is 14.4. The van der Waals surface area contributed by atoms with Gasteiger partial charge in [-0.2, -0.15) is 0 Å². The van der Waals surface area contributed by atoms with Crippen molar-refractivity contribution in [1.82, 2.24) is 14.5 Å². The first-order valence-corrected chi connectivity index (χ1v) is 10.6. The summed E-state index contributed by atoms with van der Waals surface area (Å²) in [6.07, 6.45) is 2.79. The predicted octanol–water partition coefficient (Wildman–Crippen LogP) is 5.80. The molecule has 0 fully saturated rings. The number of carbonyl (C=O) groups excluding carboxylic acids is 1. The topological polar surface area (TPSA) is 38.1 Å². The molecule has 0 unspecified atom stereocenters. The van der Waals surface area contributed by atoms with Crippen LogP contribution in [0, 0.1) is 17.6 Å². The van der Waals surface area contributed by atoms with E-state index in [-0.39, 0.29) is 12.1 Å². The average molecular weight is 414 g/mol.